The topological polar surface area (TPSA) is 92.0 Å². The SMILES string of the molecule is CCC1(Nc2nc(NN)nc(N(C)C)n2)CCC1. The normalized spacial score (nSPS) is 16.9. The fourth-order valence-electron chi connectivity index (χ4n) is 2.09. The second kappa shape index (κ2) is 4.93. The number of aromatic nitrogens is 3. The number of nitrogens with two attached hydrogens (primary N) is 1. The predicted octanol–water partition coefficient (Wildman–Crippen LogP) is 0.968. The number of nitrogens with zero attached hydrogens (tertiary/aromatic N) is 4. The summed E-state index contributed by atoms with van der Waals surface area (Å²) in [4.78, 5) is 14.7. The summed E-state index contributed by atoms with van der Waals surface area (Å²) >= 11 is 0. The molecule has 1 aromatic rings. The third-order valence-electron chi connectivity index (χ3n) is 3.52. The highest BCUT2D eigenvalue weighted by Crippen LogP contribution is 2.37. The Morgan fingerprint density at radius 2 is 1.89 bits per heavy atom. The lowest BCUT2D eigenvalue weighted by Gasteiger charge is -2.42. The van der Waals surface area contributed by atoms with Crippen molar-refractivity contribution in [2.24, 2.45) is 5.84 Å². The molecule has 1 fully saturated rings. The maximum absolute atomic E-state index is 5.38. The molecule has 1 aliphatic carbocycles. The molecule has 7 heteroatoms. The second-order valence-electron chi connectivity index (χ2n) is 4.93. The van der Waals surface area contributed by atoms with Gasteiger partial charge in [-0.1, -0.05) is 6.92 Å². The van der Waals surface area contributed by atoms with Crippen LogP contribution in [-0.2, 0) is 0 Å². The molecule has 0 aliphatic heterocycles. The van der Waals surface area contributed by atoms with E-state index in [2.05, 4.69) is 32.6 Å². The number of nitrogens with one attached hydrogen (secondary N) is 2. The molecule has 0 aromatic carbocycles. The van der Waals surface area contributed by atoms with Crippen molar-refractivity contribution in [3.05, 3.63) is 0 Å². The molecular weight excluding hydrogens is 230 g/mol. The van der Waals surface area contributed by atoms with E-state index in [4.69, 9.17) is 5.84 Å². The van der Waals surface area contributed by atoms with Crippen molar-refractivity contribution in [1.29, 1.82) is 0 Å². The summed E-state index contributed by atoms with van der Waals surface area (Å²) in [7, 11) is 3.77. The van der Waals surface area contributed by atoms with Gasteiger partial charge in [0.2, 0.25) is 17.8 Å². The minimum atomic E-state index is 0.150. The van der Waals surface area contributed by atoms with Crippen LogP contribution in [0.2, 0.25) is 0 Å². The molecule has 100 valence electrons. The predicted molar refractivity (Wildman–Crippen MR) is 72.5 cm³/mol. The van der Waals surface area contributed by atoms with Crippen LogP contribution in [0.4, 0.5) is 17.8 Å². The lowest BCUT2D eigenvalue weighted by Crippen LogP contribution is -2.45. The molecule has 0 spiro atoms. The number of nitrogen functional groups attached to an aromatic ring is 1. The summed E-state index contributed by atoms with van der Waals surface area (Å²) < 4.78 is 0. The highest BCUT2D eigenvalue weighted by Gasteiger charge is 2.35. The Bertz CT molecular complexity index is 408. The van der Waals surface area contributed by atoms with Gasteiger partial charge >= 0.3 is 0 Å². The van der Waals surface area contributed by atoms with Crippen molar-refractivity contribution < 1.29 is 0 Å². The van der Waals surface area contributed by atoms with E-state index in [1.165, 1.54) is 6.42 Å². The van der Waals surface area contributed by atoms with Gasteiger partial charge in [0, 0.05) is 19.6 Å². The number of hydrogen-bond donors (Lipinski definition) is 3. The molecule has 1 heterocycles. The molecule has 0 radical (unpaired) electrons. The molecule has 18 heavy (non-hydrogen) atoms. The van der Waals surface area contributed by atoms with Gasteiger partial charge in [-0.25, -0.2) is 5.84 Å². The van der Waals surface area contributed by atoms with E-state index in [0.29, 0.717) is 17.8 Å². The van der Waals surface area contributed by atoms with E-state index < -0.39 is 0 Å². The highest BCUT2D eigenvalue weighted by molar-refractivity contribution is 5.44. The fraction of sp³-hybridized carbons (Fsp3) is 0.727. The quantitative estimate of drug-likeness (QED) is 0.530. The van der Waals surface area contributed by atoms with Crippen LogP contribution < -0.4 is 21.5 Å². The third-order valence-corrected chi connectivity index (χ3v) is 3.52. The molecule has 4 N–H and O–H groups in total. The summed E-state index contributed by atoms with van der Waals surface area (Å²) in [5.74, 6) is 6.93. The van der Waals surface area contributed by atoms with E-state index in [-0.39, 0.29) is 5.54 Å². The van der Waals surface area contributed by atoms with Crippen LogP contribution >= 0.6 is 0 Å². The van der Waals surface area contributed by atoms with Gasteiger partial charge in [-0.3, -0.25) is 5.43 Å². The zero-order valence-electron chi connectivity index (χ0n) is 11.2. The van der Waals surface area contributed by atoms with Crippen molar-refractivity contribution in [3.63, 3.8) is 0 Å². The van der Waals surface area contributed by atoms with Crippen LogP contribution in [0.5, 0.6) is 0 Å². The Morgan fingerprint density at radius 1 is 1.22 bits per heavy atom. The standard InChI is InChI=1S/C11H21N7/c1-4-11(6-5-7-11)16-8-13-9(17-12)15-10(14-8)18(2)3/h4-7,12H2,1-3H3,(H2,13,14,15,16,17). The number of anilines is 3. The Kier molecular flexibility index (Phi) is 3.51. The number of hydrazine groups is 1. The Labute approximate surface area is 107 Å². The van der Waals surface area contributed by atoms with Crippen LogP contribution in [-0.4, -0.2) is 34.6 Å². The van der Waals surface area contributed by atoms with Crippen LogP contribution in [0.3, 0.4) is 0 Å². The van der Waals surface area contributed by atoms with Gasteiger partial charge < -0.3 is 10.2 Å². The van der Waals surface area contributed by atoms with E-state index in [1.54, 1.807) is 0 Å². The van der Waals surface area contributed by atoms with Crippen molar-refractivity contribution in [3.8, 4) is 0 Å². The summed E-state index contributed by atoms with van der Waals surface area (Å²) in [5, 5.41) is 3.43. The summed E-state index contributed by atoms with van der Waals surface area (Å²) in [6.45, 7) is 2.18. The van der Waals surface area contributed by atoms with Crippen molar-refractivity contribution in [2.45, 2.75) is 38.1 Å². The van der Waals surface area contributed by atoms with Gasteiger partial charge in [-0.2, -0.15) is 15.0 Å². The van der Waals surface area contributed by atoms with Crippen molar-refractivity contribution in [2.75, 3.05) is 29.7 Å². The Hall–Kier alpha value is -1.63. The van der Waals surface area contributed by atoms with Gasteiger partial charge in [-0.15, -0.1) is 0 Å². The highest BCUT2D eigenvalue weighted by atomic mass is 15.4. The molecule has 1 aromatic heterocycles. The van der Waals surface area contributed by atoms with Crippen molar-refractivity contribution >= 4 is 17.8 Å². The first-order chi connectivity index (χ1) is 8.58. The largest absolute Gasteiger partial charge is 0.349 e. The smallest absolute Gasteiger partial charge is 0.243 e. The number of hydrogen-bond acceptors (Lipinski definition) is 7. The average molecular weight is 251 g/mol. The lowest BCUT2D eigenvalue weighted by molar-refractivity contribution is 0.268. The maximum atomic E-state index is 5.38. The van der Waals surface area contributed by atoms with Gasteiger partial charge in [0.15, 0.2) is 0 Å². The minimum Gasteiger partial charge on any atom is -0.349 e. The van der Waals surface area contributed by atoms with Crippen LogP contribution in [0.1, 0.15) is 32.6 Å². The molecule has 7 nitrogen and oxygen atoms in total. The molecule has 0 bridgehead atoms. The Morgan fingerprint density at radius 3 is 2.33 bits per heavy atom. The van der Waals surface area contributed by atoms with E-state index in [0.717, 1.165) is 19.3 Å². The van der Waals surface area contributed by atoms with Crippen LogP contribution in [0, 0.1) is 0 Å². The summed E-state index contributed by atoms with van der Waals surface area (Å²) in [5.41, 5.74) is 2.62. The maximum Gasteiger partial charge on any atom is 0.243 e. The molecule has 2 rings (SSSR count). The van der Waals surface area contributed by atoms with Crippen LogP contribution in [0.15, 0.2) is 0 Å². The molecule has 0 unspecified atom stereocenters. The van der Waals surface area contributed by atoms with Crippen LogP contribution in [0.25, 0.3) is 0 Å². The first kappa shape index (κ1) is 12.8. The zero-order chi connectivity index (χ0) is 13.2. The van der Waals surface area contributed by atoms with Crippen molar-refractivity contribution in [1.82, 2.24) is 15.0 Å². The van der Waals surface area contributed by atoms with Gasteiger partial charge in [0.25, 0.3) is 0 Å². The molecule has 1 aliphatic rings. The summed E-state index contributed by atoms with van der Waals surface area (Å²) in [6, 6.07) is 0. The molecule has 1 saturated carbocycles. The Balaban J connectivity index is 2.23. The monoisotopic (exact) mass is 251 g/mol. The van der Waals surface area contributed by atoms with E-state index in [9.17, 15) is 0 Å². The molecule has 0 atom stereocenters. The zero-order valence-corrected chi connectivity index (χ0v) is 11.2. The minimum absolute atomic E-state index is 0.150. The summed E-state index contributed by atoms with van der Waals surface area (Å²) in [6.07, 6.45) is 4.66. The van der Waals surface area contributed by atoms with Gasteiger partial charge in [-0.05, 0) is 25.7 Å². The molecule has 0 saturated heterocycles. The fourth-order valence-corrected chi connectivity index (χ4v) is 2.09. The first-order valence-electron chi connectivity index (χ1n) is 6.27. The molecular formula is C11H21N7. The molecule has 0 amide bonds. The van der Waals surface area contributed by atoms with Gasteiger partial charge in [0.1, 0.15) is 0 Å². The second-order valence-corrected chi connectivity index (χ2v) is 4.93. The first-order valence-corrected chi connectivity index (χ1v) is 6.27. The van der Waals surface area contributed by atoms with E-state index >= 15 is 0 Å². The van der Waals surface area contributed by atoms with E-state index in [1.807, 2.05) is 19.0 Å². The third kappa shape index (κ3) is 2.45. The number of rotatable bonds is 5. The average Bonchev–Trinajstić information content (AvgIpc) is 2.33. The van der Waals surface area contributed by atoms with Gasteiger partial charge in [0.05, 0.1) is 0 Å². The lowest BCUT2D eigenvalue weighted by atomic mass is 9.75.